The molecule has 0 saturated carbocycles. The molecule has 0 spiro atoms. The maximum atomic E-state index is 13.0. The van der Waals surface area contributed by atoms with E-state index in [4.69, 9.17) is 16.1 Å². The van der Waals surface area contributed by atoms with E-state index in [1.54, 1.807) is 18.2 Å². The first-order valence-electron chi connectivity index (χ1n) is 9.70. The van der Waals surface area contributed by atoms with Crippen molar-refractivity contribution in [3.63, 3.8) is 0 Å². The number of aliphatic carboxylic acids is 1. The lowest BCUT2D eigenvalue weighted by molar-refractivity contribution is -0.141. The maximum absolute atomic E-state index is 13.0. The fourth-order valence-corrected chi connectivity index (χ4v) is 4.59. The Kier molecular flexibility index (Phi) is 5.49. The highest BCUT2D eigenvalue weighted by atomic mass is 32.2. The van der Waals surface area contributed by atoms with Crippen LogP contribution in [0.25, 0.3) is 5.69 Å². The molecule has 11 nitrogen and oxygen atoms in total. The third kappa shape index (κ3) is 4.09. The molecular formula is C21H18N6O5S. The number of hydrogen-bond acceptors (Lipinski definition) is 7. The molecule has 1 amide bonds. The first-order valence-corrected chi connectivity index (χ1v) is 11.2. The van der Waals surface area contributed by atoms with Crippen LogP contribution >= 0.6 is 0 Å². The minimum atomic E-state index is -4.03. The summed E-state index contributed by atoms with van der Waals surface area (Å²) < 4.78 is 29.7. The van der Waals surface area contributed by atoms with Gasteiger partial charge >= 0.3 is 5.97 Å². The van der Waals surface area contributed by atoms with Crippen molar-refractivity contribution in [2.45, 2.75) is 11.3 Å². The predicted octanol–water partition coefficient (Wildman–Crippen LogP) is 1.56. The second kappa shape index (κ2) is 8.29. The molecule has 33 heavy (non-hydrogen) atoms. The minimum Gasteiger partial charge on any atom is -0.481 e. The van der Waals surface area contributed by atoms with Gasteiger partial charge in [-0.25, -0.2) is 13.1 Å². The zero-order valence-electron chi connectivity index (χ0n) is 17.0. The summed E-state index contributed by atoms with van der Waals surface area (Å²) in [6, 6.07) is 13.9. The Morgan fingerprint density at radius 3 is 2.52 bits per heavy atom. The van der Waals surface area contributed by atoms with E-state index in [0.717, 1.165) is 0 Å². The number of benzene rings is 2. The standard InChI is InChI=1S/C21H18N6O5S/c22-10-14-11-24-27(20(14)23)18-4-2-1-3-17(18)25-33(31,32)16-7-5-15(6-8-16)26-12-13(21(29)30)9-19(26)28/h1-8,11,13,25H,9,12,23H2,(H,29,30). The van der Waals surface area contributed by atoms with E-state index in [0.29, 0.717) is 11.4 Å². The molecule has 1 aliphatic heterocycles. The topological polar surface area (TPSA) is 171 Å². The quantitative estimate of drug-likeness (QED) is 0.491. The van der Waals surface area contributed by atoms with Crippen LogP contribution in [0.5, 0.6) is 0 Å². The van der Waals surface area contributed by atoms with Crippen molar-refractivity contribution < 1.29 is 23.1 Å². The highest BCUT2D eigenvalue weighted by molar-refractivity contribution is 7.92. The van der Waals surface area contributed by atoms with Crippen LogP contribution in [0.3, 0.4) is 0 Å². The summed E-state index contributed by atoms with van der Waals surface area (Å²) in [6.07, 6.45) is 1.19. The molecule has 168 valence electrons. The first-order chi connectivity index (χ1) is 15.7. The number of nitrogens with two attached hydrogens (primary N) is 1. The van der Waals surface area contributed by atoms with Gasteiger partial charge in [0.1, 0.15) is 17.5 Å². The van der Waals surface area contributed by atoms with Crippen molar-refractivity contribution in [3.05, 3.63) is 60.3 Å². The molecule has 4 N–H and O–H groups in total. The smallest absolute Gasteiger partial charge is 0.308 e. The average molecular weight is 466 g/mol. The summed E-state index contributed by atoms with van der Waals surface area (Å²) in [5.41, 5.74) is 7.03. The van der Waals surface area contributed by atoms with Crippen molar-refractivity contribution in [1.29, 1.82) is 5.26 Å². The van der Waals surface area contributed by atoms with Crippen molar-refractivity contribution in [1.82, 2.24) is 9.78 Å². The molecule has 0 radical (unpaired) electrons. The van der Waals surface area contributed by atoms with Gasteiger partial charge in [-0.15, -0.1) is 0 Å². The van der Waals surface area contributed by atoms with Gasteiger partial charge in [-0.2, -0.15) is 10.4 Å². The Hall–Kier alpha value is -4.37. The maximum Gasteiger partial charge on any atom is 0.308 e. The number of nitrogens with zero attached hydrogens (tertiary/aromatic N) is 4. The monoisotopic (exact) mass is 466 g/mol. The van der Waals surface area contributed by atoms with Crippen LogP contribution in [0.2, 0.25) is 0 Å². The second-order valence-corrected chi connectivity index (χ2v) is 9.01. The predicted molar refractivity (Wildman–Crippen MR) is 118 cm³/mol. The molecule has 1 aliphatic rings. The number of aromatic nitrogens is 2. The van der Waals surface area contributed by atoms with Crippen LogP contribution in [0.1, 0.15) is 12.0 Å². The molecule has 1 aromatic heterocycles. The third-order valence-electron chi connectivity index (χ3n) is 5.24. The summed E-state index contributed by atoms with van der Waals surface area (Å²) >= 11 is 0. The summed E-state index contributed by atoms with van der Waals surface area (Å²) in [5, 5.41) is 22.3. The van der Waals surface area contributed by atoms with Crippen LogP contribution < -0.4 is 15.4 Å². The number of para-hydroxylation sites is 2. The summed E-state index contributed by atoms with van der Waals surface area (Å²) in [7, 11) is -4.03. The number of rotatable bonds is 6. The number of nitriles is 1. The van der Waals surface area contributed by atoms with Crippen LogP contribution in [-0.2, 0) is 19.6 Å². The van der Waals surface area contributed by atoms with Crippen LogP contribution in [0.15, 0.2) is 59.6 Å². The Morgan fingerprint density at radius 1 is 1.21 bits per heavy atom. The highest BCUT2D eigenvalue weighted by Crippen LogP contribution is 2.29. The van der Waals surface area contributed by atoms with Gasteiger partial charge in [0.05, 0.1) is 28.4 Å². The molecule has 1 fully saturated rings. The van der Waals surface area contributed by atoms with E-state index in [-0.39, 0.29) is 40.8 Å². The van der Waals surface area contributed by atoms with E-state index in [2.05, 4.69) is 9.82 Å². The summed E-state index contributed by atoms with van der Waals surface area (Å²) in [5.74, 6) is -2.11. The molecule has 2 aromatic carbocycles. The Morgan fingerprint density at radius 2 is 1.91 bits per heavy atom. The van der Waals surface area contributed by atoms with Crippen molar-refractivity contribution in [2.24, 2.45) is 5.92 Å². The Labute approximate surface area is 188 Å². The van der Waals surface area contributed by atoms with Crippen LogP contribution in [-0.4, -0.2) is 41.7 Å². The zero-order valence-corrected chi connectivity index (χ0v) is 17.9. The number of carboxylic acids is 1. The lowest BCUT2D eigenvalue weighted by Crippen LogP contribution is -2.25. The highest BCUT2D eigenvalue weighted by Gasteiger charge is 2.35. The summed E-state index contributed by atoms with van der Waals surface area (Å²) in [4.78, 5) is 24.5. The fraction of sp³-hybridized carbons (Fsp3) is 0.143. The average Bonchev–Trinajstić information content (AvgIpc) is 3.36. The van der Waals surface area contributed by atoms with Crippen molar-refractivity contribution in [3.8, 4) is 11.8 Å². The van der Waals surface area contributed by atoms with E-state index < -0.39 is 21.9 Å². The molecule has 2 heterocycles. The van der Waals surface area contributed by atoms with Gasteiger partial charge in [-0.1, -0.05) is 12.1 Å². The normalized spacial score (nSPS) is 15.9. The number of amides is 1. The van der Waals surface area contributed by atoms with Gasteiger partial charge in [-0.3, -0.25) is 14.3 Å². The lowest BCUT2D eigenvalue weighted by atomic mass is 10.1. The Balaban J connectivity index is 1.60. The fourth-order valence-electron chi connectivity index (χ4n) is 3.51. The van der Waals surface area contributed by atoms with Gasteiger partial charge in [0.2, 0.25) is 5.91 Å². The molecule has 1 atom stereocenters. The molecule has 1 saturated heterocycles. The van der Waals surface area contributed by atoms with Crippen LogP contribution in [0.4, 0.5) is 17.2 Å². The molecule has 0 aliphatic carbocycles. The summed E-state index contributed by atoms with van der Waals surface area (Å²) in [6.45, 7) is 0.0296. The second-order valence-electron chi connectivity index (χ2n) is 7.33. The molecular weight excluding hydrogens is 448 g/mol. The largest absolute Gasteiger partial charge is 0.481 e. The number of hydrogen-bond donors (Lipinski definition) is 3. The van der Waals surface area contributed by atoms with E-state index in [1.807, 2.05) is 6.07 Å². The van der Waals surface area contributed by atoms with Crippen molar-refractivity contribution >= 4 is 39.1 Å². The number of carbonyl (C=O) groups is 2. The molecule has 4 rings (SSSR count). The number of sulfonamides is 1. The van der Waals surface area contributed by atoms with Gasteiger partial charge < -0.3 is 15.7 Å². The molecule has 3 aromatic rings. The van der Waals surface area contributed by atoms with E-state index >= 15 is 0 Å². The SMILES string of the molecule is N#Cc1cnn(-c2ccccc2NS(=O)(=O)c2ccc(N3CC(C(=O)O)CC3=O)cc2)c1N. The van der Waals surface area contributed by atoms with Gasteiger partial charge in [0.25, 0.3) is 10.0 Å². The molecule has 1 unspecified atom stereocenters. The number of carbonyl (C=O) groups excluding carboxylic acids is 1. The Bertz CT molecular complexity index is 1390. The number of anilines is 3. The molecule has 0 bridgehead atoms. The lowest BCUT2D eigenvalue weighted by Gasteiger charge is -2.17. The number of carboxylic acid groups (broad SMARTS) is 1. The van der Waals surface area contributed by atoms with Gasteiger partial charge in [0.15, 0.2) is 0 Å². The van der Waals surface area contributed by atoms with Crippen molar-refractivity contribution in [2.75, 3.05) is 21.9 Å². The third-order valence-corrected chi connectivity index (χ3v) is 6.62. The minimum absolute atomic E-state index is 0.0296. The first kappa shape index (κ1) is 21.8. The van der Waals surface area contributed by atoms with Crippen LogP contribution in [0, 0.1) is 17.2 Å². The zero-order chi connectivity index (χ0) is 23.8. The molecule has 12 heteroatoms. The number of nitrogen functional groups attached to an aromatic ring is 1. The van der Waals surface area contributed by atoms with E-state index in [9.17, 15) is 18.0 Å². The van der Waals surface area contributed by atoms with Gasteiger partial charge in [0, 0.05) is 18.7 Å². The van der Waals surface area contributed by atoms with Gasteiger partial charge in [-0.05, 0) is 36.4 Å². The number of nitrogens with one attached hydrogen (secondary N) is 1. The van der Waals surface area contributed by atoms with E-state index in [1.165, 1.54) is 46.1 Å².